The number of aromatic nitrogens is 1. The van der Waals surface area contributed by atoms with Gasteiger partial charge in [0.15, 0.2) is 5.78 Å². The molecule has 0 spiro atoms. The molecule has 8 heteroatoms. The number of nitrogens with zero attached hydrogens (tertiary/aromatic N) is 1. The van der Waals surface area contributed by atoms with Gasteiger partial charge in [-0.05, 0) is 85.3 Å². The number of nitrogens with one attached hydrogen (secondary N) is 1. The van der Waals surface area contributed by atoms with E-state index in [1.165, 1.54) is 33.9 Å². The molecule has 4 aromatic rings. The van der Waals surface area contributed by atoms with Crippen LogP contribution in [-0.4, -0.2) is 15.8 Å². The van der Waals surface area contributed by atoms with Gasteiger partial charge in [0.05, 0.1) is 17.1 Å². The third-order valence-corrected chi connectivity index (χ3v) is 8.69. The second kappa shape index (κ2) is 9.85. The first-order valence-electron chi connectivity index (χ1n) is 10.0. The van der Waals surface area contributed by atoms with Gasteiger partial charge in [-0.1, -0.05) is 54.2 Å². The van der Waals surface area contributed by atoms with Crippen molar-refractivity contribution in [3.63, 3.8) is 0 Å². The van der Waals surface area contributed by atoms with Gasteiger partial charge in [-0.15, -0.1) is 11.3 Å². The van der Waals surface area contributed by atoms with E-state index in [-0.39, 0.29) is 5.78 Å². The van der Waals surface area contributed by atoms with E-state index in [1.54, 1.807) is 6.20 Å². The van der Waals surface area contributed by atoms with Gasteiger partial charge in [-0.2, -0.15) is 0 Å². The molecular weight excluding hydrogens is 678 g/mol. The van der Waals surface area contributed by atoms with E-state index in [4.69, 9.17) is 10.1 Å². The second-order valence-electron chi connectivity index (χ2n) is 7.38. The monoisotopic (exact) mass is 694 g/mol. The fraction of sp³-hybridized carbons (Fsp3) is 0.0800. The minimum Gasteiger partial charge on any atom is -0.487 e. The van der Waals surface area contributed by atoms with Crippen molar-refractivity contribution in [1.82, 2.24) is 4.98 Å². The van der Waals surface area contributed by atoms with Gasteiger partial charge in [0, 0.05) is 11.6 Å². The first kappa shape index (κ1) is 23.0. The average molecular weight is 694 g/mol. The molecule has 1 aliphatic heterocycles. The SMILES string of the molecule is N=C1S/C(=C\c2cc(I)c(OCc3cccc4ccccc34)c(I)c2)C(=O)[C@H]1c1nccs1. The Bertz CT molecular complexity index is 1390. The van der Waals surface area contributed by atoms with Crippen LogP contribution in [0.3, 0.4) is 0 Å². The molecule has 1 saturated heterocycles. The number of halogens is 2. The maximum atomic E-state index is 12.9. The van der Waals surface area contributed by atoms with E-state index < -0.39 is 5.92 Å². The number of carbonyl (C=O) groups is 1. The zero-order chi connectivity index (χ0) is 22.9. The van der Waals surface area contributed by atoms with Crippen LogP contribution in [0.15, 0.2) is 71.1 Å². The van der Waals surface area contributed by atoms with Crippen LogP contribution in [0.4, 0.5) is 0 Å². The number of hydrogen-bond donors (Lipinski definition) is 1. The average Bonchev–Trinajstić information content (AvgIpc) is 3.41. The van der Waals surface area contributed by atoms with E-state index in [2.05, 4.69) is 80.5 Å². The molecule has 0 radical (unpaired) electrons. The van der Waals surface area contributed by atoms with Crippen LogP contribution in [0.25, 0.3) is 16.8 Å². The molecule has 1 aromatic heterocycles. The smallest absolute Gasteiger partial charge is 0.186 e. The van der Waals surface area contributed by atoms with Gasteiger partial charge in [0.25, 0.3) is 0 Å². The van der Waals surface area contributed by atoms with Crippen molar-refractivity contribution in [3.8, 4) is 5.75 Å². The van der Waals surface area contributed by atoms with Crippen molar-refractivity contribution in [2.24, 2.45) is 0 Å². The molecule has 0 unspecified atom stereocenters. The normalized spacial score (nSPS) is 17.3. The van der Waals surface area contributed by atoms with E-state index in [1.807, 2.05) is 35.7 Å². The number of thiazole rings is 1. The van der Waals surface area contributed by atoms with Crippen LogP contribution >= 0.6 is 68.3 Å². The Morgan fingerprint density at radius 2 is 1.85 bits per heavy atom. The lowest BCUT2D eigenvalue weighted by atomic mass is 10.0. The summed E-state index contributed by atoms with van der Waals surface area (Å²) in [6.07, 6.45) is 3.54. The summed E-state index contributed by atoms with van der Waals surface area (Å²) in [7, 11) is 0. The number of ketones is 1. The summed E-state index contributed by atoms with van der Waals surface area (Å²) in [5.41, 5.74) is 2.07. The summed E-state index contributed by atoms with van der Waals surface area (Å²) in [5.74, 6) is 0.217. The minimum atomic E-state index is -0.567. The topological polar surface area (TPSA) is 63.0 Å². The molecule has 0 saturated carbocycles. The molecule has 5 rings (SSSR count). The zero-order valence-electron chi connectivity index (χ0n) is 17.0. The summed E-state index contributed by atoms with van der Waals surface area (Å²) in [4.78, 5) is 17.8. The van der Waals surface area contributed by atoms with Gasteiger partial charge in [0.2, 0.25) is 0 Å². The zero-order valence-corrected chi connectivity index (χ0v) is 23.0. The van der Waals surface area contributed by atoms with Gasteiger partial charge < -0.3 is 4.74 Å². The van der Waals surface area contributed by atoms with Crippen LogP contribution in [-0.2, 0) is 11.4 Å². The summed E-state index contributed by atoms with van der Waals surface area (Å²) >= 11 is 7.20. The lowest BCUT2D eigenvalue weighted by Crippen LogP contribution is -2.11. The molecule has 0 aliphatic carbocycles. The number of rotatable bonds is 5. The molecule has 0 amide bonds. The Labute approximate surface area is 226 Å². The summed E-state index contributed by atoms with van der Waals surface area (Å²) in [5, 5.41) is 13.5. The maximum absolute atomic E-state index is 12.9. The van der Waals surface area contributed by atoms with Crippen molar-refractivity contribution in [2.45, 2.75) is 12.5 Å². The Kier molecular flexibility index (Phi) is 6.86. The number of carbonyl (C=O) groups excluding carboxylic acids is 1. The Balaban J connectivity index is 1.38. The highest BCUT2D eigenvalue weighted by atomic mass is 127. The molecule has 4 nitrogen and oxygen atoms in total. The van der Waals surface area contributed by atoms with Crippen molar-refractivity contribution >= 4 is 96.0 Å². The molecule has 164 valence electrons. The van der Waals surface area contributed by atoms with Gasteiger partial charge in [-0.3, -0.25) is 10.2 Å². The number of fused-ring (bicyclic) bond motifs is 1. The van der Waals surface area contributed by atoms with Crippen molar-refractivity contribution in [2.75, 3.05) is 0 Å². The van der Waals surface area contributed by atoms with Crippen molar-refractivity contribution in [1.29, 1.82) is 5.41 Å². The Morgan fingerprint density at radius 1 is 1.09 bits per heavy atom. The second-order valence-corrected chi connectivity index (χ2v) is 11.7. The maximum Gasteiger partial charge on any atom is 0.186 e. The first-order chi connectivity index (χ1) is 16.0. The number of benzene rings is 3. The van der Waals surface area contributed by atoms with E-state index in [9.17, 15) is 4.79 Å². The fourth-order valence-corrected chi connectivity index (χ4v) is 7.64. The number of allylic oxidation sites excluding steroid dienone is 1. The minimum absolute atomic E-state index is 0.0544. The summed E-state index contributed by atoms with van der Waals surface area (Å²) in [6, 6.07) is 18.6. The quantitative estimate of drug-likeness (QED) is 0.174. The largest absolute Gasteiger partial charge is 0.487 e. The third-order valence-electron chi connectivity index (χ3n) is 5.26. The standard InChI is InChI=1S/C25H16I2N2O2S2/c26-18-10-14(12-20-22(30)21(24(28)33-20)25-29-8-9-32-25)11-19(27)23(18)31-13-16-6-3-5-15-4-1-2-7-17(15)16/h1-12,21,28H,13H2/b20-12-,28-24?/t21-/m1/s1. The third kappa shape index (κ3) is 4.75. The van der Waals surface area contributed by atoms with Gasteiger partial charge in [-0.25, -0.2) is 4.98 Å². The number of thioether (sulfide) groups is 1. The highest BCUT2D eigenvalue weighted by molar-refractivity contribution is 14.1. The Hall–Kier alpha value is -1.76. The predicted octanol–water partition coefficient (Wildman–Crippen LogP) is 7.50. The summed E-state index contributed by atoms with van der Waals surface area (Å²) in [6.45, 7) is 0.481. The first-order valence-corrected chi connectivity index (χ1v) is 13.9. The van der Waals surface area contributed by atoms with E-state index in [0.29, 0.717) is 21.6 Å². The summed E-state index contributed by atoms with van der Waals surface area (Å²) < 4.78 is 8.20. The predicted molar refractivity (Wildman–Crippen MR) is 153 cm³/mol. The molecule has 1 N–H and O–H groups in total. The molecule has 0 bridgehead atoms. The van der Waals surface area contributed by atoms with Crippen molar-refractivity contribution < 1.29 is 9.53 Å². The lowest BCUT2D eigenvalue weighted by molar-refractivity contribution is -0.114. The van der Waals surface area contributed by atoms with Crippen LogP contribution in [0.1, 0.15) is 22.1 Å². The van der Waals surface area contributed by atoms with Gasteiger partial charge >= 0.3 is 0 Å². The van der Waals surface area contributed by atoms with E-state index >= 15 is 0 Å². The molecule has 2 heterocycles. The highest BCUT2D eigenvalue weighted by Crippen LogP contribution is 2.41. The molecule has 33 heavy (non-hydrogen) atoms. The van der Waals surface area contributed by atoms with E-state index in [0.717, 1.165) is 24.0 Å². The lowest BCUT2D eigenvalue weighted by Gasteiger charge is -2.13. The molecule has 1 aliphatic rings. The van der Waals surface area contributed by atoms with Crippen LogP contribution in [0, 0.1) is 12.5 Å². The highest BCUT2D eigenvalue weighted by Gasteiger charge is 2.38. The fourth-order valence-electron chi connectivity index (χ4n) is 3.71. The van der Waals surface area contributed by atoms with Crippen LogP contribution < -0.4 is 4.74 Å². The van der Waals surface area contributed by atoms with Gasteiger partial charge in [0.1, 0.15) is 23.3 Å². The number of Topliss-reactive ketones (excluding diaryl/α,β-unsaturated/α-hetero) is 1. The van der Waals surface area contributed by atoms with Crippen LogP contribution in [0.5, 0.6) is 5.75 Å². The molecule has 1 atom stereocenters. The number of hydrogen-bond acceptors (Lipinski definition) is 6. The molecule has 3 aromatic carbocycles. The van der Waals surface area contributed by atoms with Crippen LogP contribution in [0.2, 0.25) is 0 Å². The molecule has 1 fully saturated rings. The Morgan fingerprint density at radius 3 is 2.61 bits per heavy atom. The van der Waals surface area contributed by atoms with Crippen molar-refractivity contribution in [3.05, 3.63) is 94.4 Å². The number of ether oxygens (including phenoxy) is 1. The molecular formula is C25H16I2N2O2S2.